The molecule has 0 unspecified atom stereocenters. The molecule has 0 aliphatic carbocycles. The number of carbonyl (C=O) groups excluding carboxylic acids is 1. The van der Waals surface area contributed by atoms with E-state index in [-0.39, 0.29) is 18.2 Å². The minimum atomic E-state index is -0.156. The van der Waals surface area contributed by atoms with Crippen molar-refractivity contribution >= 4 is 17.7 Å². The Morgan fingerprint density at radius 1 is 1.33 bits per heavy atom. The maximum Gasteiger partial charge on any atom is 0.231 e. The zero-order valence-electron chi connectivity index (χ0n) is 14.7. The number of aromatic nitrogens is 3. The minimum absolute atomic E-state index is 0.156. The second-order valence-corrected chi connectivity index (χ2v) is 6.41. The summed E-state index contributed by atoms with van der Waals surface area (Å²) in [6.45, 7) is 0.658. The van der Waals surface area contributed by atoms with Gasteiger partial charge < -0.3 is 14.5 Å². The van der Waals surface area contributed by atoms with Gasteiger partial charge in [0.1, 0.15) is 11.5 Å². The highest BCUT2D eigenvalue weighted by atomic mass is 32.2. The van der Waals surface area contributed by atoms with Crippen molar-refractivity contribution in [3.8, 4) is 29.5 Å². The van der Waals surface area contributed by atoms with Crippen molar-refractivity contribution in [3.05, 3.63) is 48.4 Å². The van der Waals surface area contributed by atoms with Gasteiger partial charge in [0.2, 0.25) is 5.91 Å². The summed E-state index contributed by atoms with van der Waals surface area (Å²) in [4.78, 5) is 11.8. The third kappa shape index (κ3) is 4.71. The van der Waals surface area contributed by atoms with Crippen molar-refractivity contribution in [1.82, 2.24) is 20.1 Å². The zero-order valence-corrected chi connectivity index (χ0v) is 15.5. The predicted octanol–water partition coefficient (Wildman–Crippen LogP) is 2.44. The van der Waals surface area contributed by atoms with E-state index in [1.807, 2.05) is 41.0 Å². The van der Waals surface area contributed by atoms with Crippen molar-refractivity contribution in [2.75, 3.05) is 19.4 Å². The molecule has 0 aliphatic heterocycles. The number of rotatable bonds is 8. The largest absolute Gasteiger partial charge is 0.497 e. The van der Waals surface area contributed by atoms with Crippen LogP contribution in [0.15, 0.2) is 52.2 Å². The van der Waals surface area contributed by atoms with Gasteiger partial charge in [-0.2, -0.15) is 0 Å². The number of nitrogens with one attached hydrogen (secondary N) is 1. The van der Waals surface area contributed by atoms with Crippen molar-refractivity contribution in [2.24, 2.45) is 0 Å². The summed E-state index contributed by atoms with van der Waals surface area (Å²) in [5, 5.41) is 11.8. The predicted molar refractivity (Wildman–Crippen MR) is 102 cm³/mol. The Morgan fingerprint density at radius 2 is 2.15 bits per heavy atom. The number of methoxy groups -OCH3 is 1. The molecule has 0 aliphatic rings. The molecule has 0 atom stereocenters. The third-order valence-electron chi connectivity index (χ3n) is 3.68. The van der Waals surface area contributed by atoms with Crippen LogP contribution in [-0.4, -0.2) is 40.1 Å². The summed E-state index contributed by atoms with van der Waals surface area (Å²) < 4.78 is 12.6. The molecule has 0 saturated heterocycles. The first-order valence-electron chi connectivity index (χ1n) is 8.14. The lowest BCUT2D eigenvalue weighted by molar-refractivity contribution is -0.118. The van der Waals surface area contributed by atoms with Crippen molar-refractivity contribution in [3.63, 3.8) is 0 Å². The number of hydrogen-bond acceptors (Lipinski definition) is 6. The van der Waals surface area contributed by atoms with E-state index in [2.05, 4.69) is 21.4 Å². The van der Waals surface area contributed by atoms with E-state index in [1.165, 1.54) is 11.8 Å². The van der Waals surface area contributed by atoms with Crippen LogP contribution >= 0.6 is 11.8 Å². The summed E-state index contributed by atoms with van der Waals surface area (Å²) in [6.07, 6.45) is 6.77. The van der Waals surface area contributed by atoms with Crippen molar-refractivity contribution in [1.29, 1.82) is 0 Å². The van der Waals surface area contributed by atoms with Gasteiger partial charge in [-0.3, -0.25) is 9.36 Å². The van der Waals surface area contributed by atoms with Gasteiger partial charge in [-0.25, -0.2) is 0 Å². The molecule has 3 aromatic rings. The Balaban J connectivity index is 1.85. The number of ether oxygens (including phenoxy) is 1. The van der Waals surface area contributed by atoms with Crippen LogP contribution in [0.2, 0.25) is 0 Å². The lowest BCUT2D eigenvalue weighted by Crippen LogP contribution is -2.25. The minimum Gasteiger partial charge on any atom is -0.497 e. The molecule has 0 bridgehead atoms. The number of nitrogens with zero attached hydrogens (tertiary/aromatic N) is 3. The van der Waals surface area contributed by atoms with Crippen LogP contribution in [0.5, 0.6) is 5.75 Å². The molecule has 1 aromatic carbocycles. The normalized spacial score (nSPS) is 10.4. The smallest absolute Gasteiger partial charge is 0.231 e. The quantitative estimate of drug-likeness (QED) is 0.476. The fraction of sp³-hybridized carbons (Fsp3) is 0.211. The Morgan fingerprint density at radius 3 is 2.81 bits per heavy atom. The zero-order chi connectivity index (χ0) is 19.1. The summed E-state index contributed by atoms with van der Waals surface area (Å²) in [5.74, 6) is 4.62. The van der Waals surface area contributed by atoms with Gasteiger partial charge >= 0.3 is 0 Å². The molecule has 3 rings (SSSR count). The number of amides is 1. The first-order chi connectivity index (χ1) is 13.2. The number of terminal acetylenes is 1. The van der Waals surface area contributed by atoms with Crippen LogP contribution in [0, 0.1) is 12.3 Å². The number of furan rings is 1. The topological polar surface area (TPSA) is 82.2 Å². The molecule has 1 N–H and O–H groups in total. The second kappa shape index (κ2) is 8.96. The van der Waals surface area contributed by atoms with Crippen LogP contribution in [0.3, 0.4) is 0 Å². The monoisotopic (exact) mass is 382 g/mol. The fourth-order valence-electron chi connectivity index (χ4n) is 2.38. The fourth-order valence-corrected chi connectivity index (χ4v) is 3.15. The molecule has 0 fully saturated rings. The number of hydrogen-bond donors (Lipinski definition) is 1. The summed E-state index contributed by atoms with van der Waals surface area (Å²) in [5.41, 5.74) is 0.887. The van der Waals surface area contributed by atoms with Gasteiger partial charge in [-0.15, -0.1) is 16.6 Å². The van der Waals surface area contributed by atoms with Gasteiger partial charge in [-0.1, -0.05) is 17.7 Å². The van der Waals surface area contributed by atoms with Crippen LogP contribution < -0.4 is 10.1 Å². The Kier molecular flexibility index (Phi) is 6.18. The SMILES string of the molecule is C#CCNC(=O)CSc1nnc(-c2ccc(OC)cc2)n1Cc1ccco1. The lowest BCUT2D eigenvalue weighted by Gasteiger charge is -2.09. The van der Waals surface area contributed by atoms with Crippen LogP contribution in [-0.2, 0) is 11.3 Å². The Labute approximate surface area is 161 Å². The molecule has 1 amide bonds. The van der Waals surface area contributed by atoms with E-state index in [0.29, 0.717) is 17.5 Å². The molecule has 27 heavy (non-hydrogen) atoms. The third-order valence-corrected chi connectivity index (χ3v) is 4.65. The average molecular weight is 382 g/mol. The van der Waals surface area contributed by atoms with Gasteiger partial charge in [0.05, 0.1) is 32.2 Å². The lowest BCUT2D eigenvalue weighted by atomic mass is 10.2. The highest BCUT2D eigenvalue weighted by molar-refractivity contribution is 7.99. The standard InChI is InChI=1S/C19H18N4O3S/c1-3-10-20-17(24)13-27-19-22-21-18(14-6-8-15(25-2)9-7-14)23(19)12-16-5-4-11-26-16/h1,4-9,11H,10,12-13H2,2H3,(H,20,24). The first kappa shape index (κ1) is 18.6. The summed E-state index contributed by atoms with van der Waals surface area (Å²) >= 11 is 1.29. The molecule has 8 heteroatoms. The molecule has 0 saturated carbocycles. The first-order valence-corrected chi connectivity index (χ1v) is 9.12. The molecule has 2 aromatic heterocycles. The Hall–Kier alpha value is -3.18. The molecule has 138 valence electrons. The highest BCUT2D eigenvalue weighted by Crippen LogP contribution is 2.26. The van der Waals surface area contributed by atoms with Crippen molar-refractivity contribution in [2.45, 2.75) is 11.7 Å². The maximum atomic E-state index is 11.8. The molecular weight excluding hydrogens is 364 g/mol. The second-order valence-electron chi connectivity index (χ2n) is 5.47. The van der Waals surface area contributed by atoms with Gasteiger partial charge in [0.25, 0.3) is 0 Å². The van der Waals surface area contributed by atoms with E-state index in [4.69, 9.17) is 15.6 Å². The van der Waals surface area contributed by atoms with Gasteiger partial charge in [0, 0.05) is 5.56 Å². The maximum absolute atomic E-state index is 11.8. The number of benzene rings is 1. The molecular formula is C19H18N4O3S. The molecule has 7 nitrogen and oxygen atoms in total. The van der Waals surface area contributed by atoms with E-state index in [0.717, 1.165) is 17.1 Å². The van der Waals surface area contributed by atoms with E-state index in [9.17, 15) is 4.79 Å². The highest BCUT2D eigenvalue weighted by Gasteiger charge is 2.17. The van der Waals surface area contributed by atoms with Crippen LogP contribution in [0.25, 0.3) is 11.4 Å². The number of thioether (sulfide) groups is 1. The van der Waals surface area contributed by atoms with Gasteiger partial charge in [-0.05, 0) is 36.4 Å². The average Bonchev–Trinajstić information content (AvgIpc) is 3.35. The summed E-state index contributed by atoms with van der Waals surface area (Å²) in [7, 11) is 1.62. The van der Waals surface area contributed by atoms with Crippen LogP contribution in [0.4, 0.5) is 0 Å². The van der Waals surface area contributed by atoms with Gasteiger partial charge in [0.15, 0.2) is 11.0 Å². The molecule has 2 heterocycles. The molecule has 0 spiro atoms. The summed E-state index contributed by atoms with van der Waals surface area (Å²) in [6, 6.07) is 11.3. The van der Waals surface area contributed by atoms with E-state index in [1.54, 1.807) is 13.4 Å². The van der Waals surface area contributed by atoms with E-state index < -0.39 is 0 Å². The molecule has 0 radical (unpaired) electrons. The van der Waals surface area contributed by atoms with Crippen molar-refractivity contribution < 1.29 is 13.9 Å². The Bertz CT molecular complexity index is 927. The van der Waals surface area contributed by atoms with E-state index >= 15 is 0 Å². The number of carbonyl (C=O) groups is 1. The van der Waals surface area contributed by atoms with Crippen LogP contribution in [0.1, 0.15) is 5.76 Å².